The Morgan fingerprint density at radius 2 is 1.94 bits per heavy atom. The number of carbonyl (C=O) groups excluding carboxylic acids is 1. The summed E-state index contributed by atoms with van der Waals surface area (Å²) in [4.78, 5) is 20.7. The molecular formula is C13H15N3OS. The van der Waals surface area contributed by atoms with Crippen molar-refractivity contribution >= 4 is 17.0 Å². The topological polar surface area (TPSA) is 49.0 Å². The average Bonchev–Trinajstić information content (AvgIpc) is 2.71. The van der Waals surface area contributed by atoms with Crippen molar-refractivity contribution in [2.75, 3.05) is 14.1 Å². The Hall–Kier alpha value is -1.75. The van der Waals surface area contributed by atoms with E-state index in [1.807, 2.05) is 37.3 Å². The molecule has 0 radical (unpaired) electrons. The van der Waals surface area contributed by atoms with E-state index in [2.05, 4.69) is 9.97 Å². The lowest BCUT2D eigenvalue weighted by atomic mass is 10.1. The van der Waals surface area contributed by atoms with Gasteiger partial charge in [-0.1, -0.05) is 30.3 Å². The largest absolute Gasteiger partial charge is 0.339 e. The van der Waals surface area contributed by atoms with E-state index in [9.17, 15) is 4.79 Å². The van der Waals surface area contributed by atoms with Crippen LogP contribution in [0.2, 0.25) is 0 Å². The van der Waals surface area contributed by atoms with Gasteiger partial charge >= 0.3 is 0 Å². The highest BCUT2D eigenvalue weighted by Gasteiger charge is 2.13. The lowest BCUT2D eigenvalue weighted by Crippen LogP contribution is -2.16. The number of benzene rings is 1. The number of rotatable bonds is 2. The van der Waals surface area contributed by atoms with Crippen LogP contribution in [0.5, 0.6) is 0 Å². The van der Waals surface area contributed by atoms with Gasteiger partial charge < -0.3 is 9.88 Å². The Morgan fingerprint density at radius 3 is 2.56 bits per heavy atom. The molecule has 0 spiro atoms. The molecule has 0 fully saturated rings. The molecule has 1 aromatic carbocycles. The molecule has 2 aromatic rings. The average molecular weight is 261 g/mol. The second-order valence-corrected chi connectivity index (χ2v) is 5.08. The number of aromatic nitrogens is 2. The number of imidazole rings is 1. The number of hydrogen-bond donors (Lipinski definition) is 1. The summed E-state index contributed by atoms with van der Waals surface area (Å²) in [5, 5.41) is 0.591. The summed E-state index contributed by atoms with van der Waals surface area (Å²) >= 11 is 1.10. The summed E-state index contributed by atoms with van der Waals surface area (Å²) in [7, 11) is 3.45. The first-order valence-corrected chi connectivity index (χ1v) is 6.40. The molecular weight excluding hydrogens is 246 g/mol. The van der Waals surface area contributed by atoms with Crippen molar-refractivity contribution in [3.05, 3.63) is 36.0 Å². The first kappa shape index (κ1) is 12.7. The monoisotopic (exact) mass is 261 g/mol. The van der Waals surface area contributed by atoms with Gasteiger partial charge in [-0.3, -0.25) is 4.79 Å². The first-order valence-electron chi connectivity index (χ1n) is 5.59. The van der Waals surface area contributed by atoms with Gasteiger partial charge in [0.05, 0.1) is 5.69 Å². The molecule has 0 bridgehead atoms. The summed E-state index contributed by atoms with van der Waals surface area (Å²) in [6, 6.07) is 9.93. The molecule has 0 aliphatic rings. The van der Waals surface area contributed by atoms with Crippen LogP contribution < -0.4 is 0 Å². The van der Waals surface area contributed by atoms with E-state index < -0.39 is 0 Å². The maximum Gasteiger partial charge on any atom is 0.288 e. The van der Waals surface area contributed by atoms with E-state index in [4.69, 9.17) is 0 Å². The zero-order chi connectivity index (χ0) is 13.1. The SMILES string of the molecule is Cc1[nH]c(SC(=O)N(C)C)nc1-c1ccccc1. The summed E-state index contributed by atoms with van der Waals surface area (Å²) in [6.07, 6.45) is 0. The zero-order valence-corrected chi connectivity index (χ0v) is 11.4. The van der Waals surface area contributed by atoms with E-state index in [0.29, 0.717) is 5.16 Å². The van der Waals surface area contributed by atoms with Gasteiger partial charge in [0.2, 0.25) is 0 Å². The van der Waals surface area contributed by atoms with Crippen molar-refractivity contribution in [2.45, 2.75) is 12.1 Å². The number of nitrogens with zero attached hydrogens (tertiary/aromatic N) is 2. The van der Waals surface area contributed by atoms with Crippen molar-refractivity contribution in [1.29, 1.82) is 0 Å². The molecule has 18 heavy (non-hydrogen) atoms. The fraction of sp³-hybridized carbons (Fsp3) is 0.231. The number of thioether (sulfide) groups is 1. The van der Waals surface area contributed by atoms with Crippen molar-refractivity contribution in [1.82, 2.24) is 14.9 Å². The molecule has 94 valence electrons. The molecule has 5 heteroatoms. The Morgan fingerprint density at radius 1 is 1.28 bits per heavy atom. The van der Waals surface area contributed by atoms with Crippen LogP contribution in [0.3, 0.4) is 0 Å². The number of H-pyrrole nitrogens is 1. The highest BCUT2D eigenvalue weighted by Crippen LogP contribution is 2.25. The Labute approximate surface area is 110 Å². The van der Waals surface area contributed by atoms with Gasteiger partial charge in [-0.15, -0.1) is 0 Å². The normalized spacial score (nSPS) is 10.4. The van der Waals surface area contributed by atoms with Gasteiger partial charge in [-0.25, -0.2) is 4.98 Å². The minimum atomic E-state index is -0.0386. The molecule has 1 N–H and O–H groups in total. The van der Waals surface area contributed by atoms with E-state index in [1.165, 1.54) is 4.90 Å². The van der Waals surface area contributed by atoms with E-state index in [-0.39, 0.29) is 5.24 Å². The van der Waals surface area contributed by atoms with Gasteiger partial charge in [0.25, 0.3) is 5.24 Å². The third-order valence-electron chi connectivity index (χ3n) is 2.46. The van der Waals surface area contributed by atoms with E-state index in [0.717, 1.165) is 28.7 Å². The van der Waals surface area contributed by atoms with Crippen LogP contribution in [0.1, 0.15) is 5.69 Å². The van der Waals surface area contributed by atoms with Crippen LogP contribution in [0, 0.1) is 6.92 Å². The van der Waals surface area contributed by atoms with Crippen LogP contribution in [0.25, 0.3) is 11.3 Å². The predicted molar refractivity (Wildman–Crippen MR) is 73.7 cm³/mol. The fourth-order valence-electron chi connectivity index (χ4n) is 1.53. The number of aryl methyl sites for hydroxylation is 1. The van der Waals surface area contributed by atoms with Gasteiger partial charge in [0, 0.05) is 37.1 Å². The molecule has 0 unspecified atom stereocenters. The summed E-state index contributed by atoms with van der Waals surface area (Å²) in [5.74, 6) is 0. The quantitative estimate of drug-likeness (QED) is 0.845. The third-order valence-corrected chi connectivity index (χ3v) is 3.39. The Kier molecular flexibility index (Phi) is 3.72. The van der Waals surface area contributed by atoms with Gasteiger partial charge in [0.1, 0.15) is 0 Å². The lowest BCUT2D eigenvalue weighted by molar-refractivity contribution is 0.241. The van der Waals surface area contributed by atoms with Crippen LogP contribution >= 0.6 is 11.8 Å². The van der Waals surface area contributed by atoms with Crippen LogP contribution in [-0.2, 0) is 0 Å². The van der Waals surface area contributed by atoms with Gasteiger partial charge in [-0.05, 0) is 6.92 Å². The molecule has 0 saturated carbocycles. The standard InChI is InChI=1S/C13H15N3OS/c1-9-11(10-7-5-4-6-8-10)15-12(14-9)18-13(17)16(2)3/h4-8H,1-3H3,(H,14,15). The van der Waals surface area contributed by atoms with Gasteiger partial charge in [0.15, 0.2) is 5.16 Å². The molecule has 1 amide bonds. The Balaban J connectivity index is 2.25. The molecule has 0 aliphatic heterocycles. The summed E-state index contributed by atoms with van der Waals surface area (Å²) in [6.45, 7) is 1.96. The van der Waals surface area contributed by atoms with Crippen molar-refractivity contribution in [3.63, 3.8) is 0 Å². The molecule has 4 nitrogen and oxygen atoms in total. The third kappa shape index (κ3) is 2.73. The highest BCUT2D eigenvalue weighted by atomic mass is 32.2. The number of carbonyl (C=O) groups is 1. The van der Waals surface area contributed by atoms with Crippen LogP contribution in [0.15, 0.2) is 35.5 Å². The number of aromatic amines is 1. The van der Waals surface area contributed by atoms with E-state index >= 15 is 0 Å². The molecule has 0 aliphatic carbocycles. The van der Waals surface area contributed by atoms with Crippen LogP contribution in [0.4, 0.5) is 4.79 Å². The number of amides is 1. The summed E-state index contributed by atoms with van der Waals surface area (Å²) < 4.78 is 0. The molecule has 2 rings (SSSR count). The minimum Gasteiger partial charge on any atom is -0.339 e. The van der Waals surface area contributed by atoms with Crippen molar-refractivity contribution < 1.29 is 4.79 Å². The number of hydrogen-bond acceptors (Lipinski definition) is 3. The molecule has 1 heterocycles. The molecule has 0 saturated heterocycles. The second kappa shape index (κ2) is 5.27. The van der Waals surface area contributed by atoms with Gasteiger partial charge in [-0.2, -0.15) is 0 Å². The summed E-state index contributed by atoms with van der Waals surface area (Å²) in [5.41, 5.74) is 2.91. The smallest absolute Gasteiger partial charge is 0.288 e. The maximum atomic E-state index is 11.6. The molecule has 0 atom stereocenters. The lowest BCUT2D eigenvalue weighted by Gasteiger charge is -2.06. The zero-order valence-electron chi connectivity index (χ0n) is 10.6. The highest BCUT2D eigenvalue weighted by molar-refractivity contribution is 8.13. The second-order valence-electron chi connectivity index (χ2n) is 4.14. The van der Waals surface area contributed by atoms with Crippen LogP contribution in [-0.4, -0.2) is 34.2 Å². The Bertz CT molecular complexity index is 549. The number of nitrogens with one attached hydrogen (secondary N) is 1. The van der Waals surface area contributed by atoms with Crippen molar-refractivity contribution in [3.8, 4) is 11.3 Å². The maximum absolute atomic E-state index is 11.6. The molecule has 1 aromatic heterocycles. The van der Waals surface area contributed by atoms with E-state index in [1.54, 1.807) is 14.1 Å². The minimum absolute atomic E-state index is 0.0386. The fourth-order valence-corrected chi connectivity index (χ4v) is 2.22. The predicted octanol–water partition coefficient (Wildman–Crippen LogP) is 3.16. The first-order chi connectivity index (χ1) is 8.58. The van der Waals surface area contributed by atoms with Crippen molar-refractivity contribution in [2.24, 2.45) is 0 Å².